The lowest BCUT2D eigenvalue weighted by Gasteiger charge is -2.23. The highest BCUT2D eigenvalue weighted by Gasteiger charge is 2.18. The van der Waals surface area contributed by atoms with E-state index in [1.165, 1.54) is 24.5 Å². The standard InChI is InChI=1S/C13H24N4O2S/c1-15(2)8-9-17(5)13-7-6-11(10-12(13)14)20(18,19)16(3)4/h6-7,10H,8-9,14H2,1-5H3. The SMILES string of the molecule is CN(C)CCN(C)c1ccc(S(=O)(=O)N(C)C)cc1N. The number of benzene rings is 1. The van der Waals surface area contributed by atoms with Crippen LogP contribution in [0.5, 0.6) is 0 Å². The van der Waals surface area contributed by atoms with Gasteiger partial charge in [0.25, 0.3) is 0 Å². The second-order valence-corrected chi connectivity index (χ2v) is 7.38. The molecule has 2 N–H and O–H groups in total. The van der Waals surface area contributed by atoms with Crippen molar-refractivity contribution >= 4 is 21.4 Å². The molecule has 0 fully saturated rings. The summed E-state index contributed by atoms with van der Waals surface area (Å²) in [5, 5.41) is 0. The highest BCUT2D eigenvalue weighted by molar-refractivity contribution is 7.89. The van der Waals surface area contributed by atoms with Crippen molar-refractivity contribution in [2.45, 2.75) is 4.90 Å². The van der Waals surface area contributed by atoms with Crippen LogP contribution >= 0.6 is 0 Å². The molecule has 0 aliphatic carbocycles. The zero-order valence-corrected chi connectivity index (χ0v) is 13.6. The van der Waals surface area contributed by atoms with E-state index in [1.54, 1.807) is 12.1 Å². The van der Waals surface area contributed by atoms with Crippen molar-refractivity contribution in [2.24, 2.45) is 0 Å². The van der Waals surface area contributed by atoms with Crippen LogP contribution in [0.2, 0.25) is 0 Å². The molecule has 0 amide bonds. The van der Waals surface area contributed by atoms with Gasteiger partial charge in [0.1, 0.15) is 0 Å². The number of nitrogen functional groups attached to an aromatic ring is 1. The lowest BCUT2D eigenvalue weighted by Crippen LogP contribution is -2.29. The van der Waals surface area contributed by atoms with Gasteiger partial charge in [0.2, 0.25) is 10.0 Å². The second kappa shape index (κ2) is 6.43. The number of anilines is 2. The fourth-order valence-electron chi connectivity index (χ4n) is 1.72. The van der Waals surface area contributed by atoms with Gasteiger partial charge in [-0.3, -0.25) is 0 Å². The average molecular weight is 300 g/mol. The zero-order chi connectivity index (χ0) is 15.5. The van der Waals surface area contributed by atoms with Crippen LogP contribution in [-0.2, 0) is 10.0 Å². The Bertz CT molecular complexity index is 555. The molecule has 0 unspecified atom stereocenters. The molecule has 7 heteroatoms. The second-order valence-electron chi connectivity index (χ2n) is 5.23. The Morgan fingerprint density at radius 1 is 1.05 bits per heavy atom. The smallest absolute Gasteiger partial charge is 0.242 e. The molecule has 1 aromatic rings. The zero-order valence-electron chi connectivity index (χ0n) is 12.8. The maximum absolute atomic E-state index is 12.0. The van der Waals surface area contributed by atoms with E-state index >= 15 is 0 Å². The van der Waals surface area contributed by atoms with Crippen molar-refractivity contribution in [3.05, 3.63) is 18.2 Å². The van der Waals surface area contributed by atoms with Gasteiger partial charge in [0, 0.05) is 34.2 Å². The fourth-order valence-corrected chi connectivity index (χ4v) is 2.66. The molecule has 1 aromatic carbocycles. The molecule has 0 atom stereocenters. The van der Waals surface area contributed by atoms with Crippen LogP contribution in [-0.4, -0.2) is 66.0 Å². The Hall–Kier alpha value is -1.31. The van der Waals surface area contributed by atoms with Crippen molar-refractivity contribution in [2.75, 3.05) is 59.0 Å². The van der Waals surface area contributed by atoms with E-state index in [1.807, 2.05) is 26.0 Å². The van der Waals surface area contributed by atoms with E-state index in [9.17, 15) is 8.42 Å². The number of hydrogen-bond acceptors (Lipinski definition) is 5. The first-order valence-electron chi connectivity index (χ1n) is 6.34. The van der Waals surface area contributed by atoms with Gasteiger partial charge in [-0.1, -0.05) is 0 Å². The van der Waals surface area contributed by atoms with Gasteiger partial charge in [-0.05, 0) is 32.3 Å². The van der Waals surface area contributed by atoms with E-state index in [2.05, 4.69) is 4.90 Å². The molecule has 0 heterocycles. The monoisotopic (exact) mass is 300 g/mol. The summed E-state index contributed by atoms with van der Waals surface area (Å²) >= 11 is 0. The third-order valence-electron chi connectivity index (χ3n) is 3.07. The molecule has 0 aliphatic rings. The third kappa shape index (κ3) is 3.84. The van der Waals surface area contributed by atoms with E-state index in [4.69, 9.17) is 5.73 Å². The van der Waals surface area contributed by atoms with Crippen molar-refractivity contribution in [1.29, 1.82) is 0 Å². The number of hydrogen-bond donors (Lipinski definition) is 1. The third-order valence-corrected chi connectivity index (χ3v) is 4.88. The minimum Gasteiger partial charge on any atom is -0.397 e. The van der Waals surface area contributed by atoms with Gasteiger partial charge >= 0.3 is 0 Å². The molecule has 0 saturated heterocycles. The minimum atomic E-state index is -3.44. The number of rotatable bonds is 6. The van der Waals surface area contributed by atoms with Crippen molar-refractivity contribution in [1.82, 2.24) is 9.21 Å². The minimum absolute atomic E-state index is 0.213. The molecule has 114 valence electrons. The van der Waals surface area contributed by atoms with Crippen LogP contribution < -0.4 is 10.6 Å². The molecule has 0 aromatic heterocycles. The van der Waals surface area contributed by atoms with Gasteiger partial charge < -0.3 is 15.5 Å². The van der Waals surface area contributed by atoms with Crippen LogP contribution in [0.1, 0.15) is 0 Å². The van der Waals surface area contributed by atoms with Gasteiger partial charge in [-0.2, -0.15) is 0 Å². The van der Waals surface area contributed by atoms with Crippen LogP contribution in [0.15, 0.2) is 23.1 Å². The Morgan fingerprint density at radius 3 is 2.10 bits per heavy atom. The Labute approximate surface area is 121 Å². The summed E-state index contributed by atoms with van der Waals surface area (Å²) in [6.45, 7) is 1.71. The molecule has 0 saturated carbocycles. The number of likely N-dealkylation sites (N-methyl/N-ethyl adjacent to an activating group) is 2. The molecular formula is C13H24N4O2S. The number of nitrogens with zero attached hydrogens (tertiary/aromatic N) is 3. The van der Waals surface area contributed by atoms with Crippen molar-refractivity contribution in [3.63, 3.8) is 0 Å². The summed E-state index contributed by atoms with van der Waals surface area (Å²) in [4.78, 5) is 4.31. The summed E-state index contributed by atoms with van der Waals surface area (Å²) in [6.07, 6.45) is 0. The van der Waals surface area contributed by atoms with Gasteiger partial charge in [-0.25, -0.2) is 12.7 Å². The Morgan fingerprint density at radius 2 is 1.65 bits per heavy atom. The van der Waals surface area contributed by atoms with Crippen molar-refractivity contribution in [3.8, 4) is 0 Å². The molecular weight excluding hydrogens is 276 g/mol. The van der Waals surface area contributed by atoms with E-state index in [-0.39, 0.29) is 4.90 Å². The molecule has 0 spiro atoms. The maximum Gasteiger partial charge on any atom is 0.242 e. The Kier molecular flexibility index (Phi) is 5.38. The molecule has 1 rings (SSSR count). The topological polar surface area (TPSA) is 69.9 Å². The predicted octanol–water partition coefficient (Wildman–Crippen LogP) is 0.517. The molecule has 20 heavy (non-hydrogen) atoms. The van der Waals surface area contributed by atoms with E-state index in [0.29, 0.717) is 5.69 Å². The summed E-state index contributed by atoms with van der Waals surface area (Å²) in [7, 11) is 5.51. The summed E-state index contributed by atoms with van der Waals surface area (Å²) in [6, 6.07) is 4.85. The highest BCUT2D eigenvalue weighted by atomic mass is 32.2. The van der Waals surface area contributed by atoms with Gasteiger partial charge in [0.15, 0.2) is 0 Å². The predicted molar refractivity (Wildman–Crippen MR) is 83.6 cm³/mol. The largest absolute Gasteiger partial charge is 0.397 e. The normalized spacial score (nSPS) is 12.2. The number of nitrogens with two attached hydrogens (primary N) is 1. The van der Waals surface area contributed by atoms with Crippen LogP contribution in [0.25, 0.3) is 0 Å². The van der Waals surface area contributed by atoms with Crippen molar-refractivity contribution < 1.29 is 8.42 Å². The van der Waals surface area contributed by atoms with E-state index in [0.717, 1.165) is 18.8 Å². The first-order valence-corrected chi connectivity index (χ1v) is 7.78. The van der Waals surface area contributed by atoms with Crippen LogP contribution in [0.4, 0.5) is 11.4 Å². The lowest BCUT2D eigenvalue weighted by atomic mass is 10.2. The summed E-state index contributed by atoms with van der Waals surface area (Å²) < 4.78 is 25.2. The fraction of sp³-hybridized carbons (Fsp3) is 0.538. The molecule has 0 bridgehead atoms. The molecule has 0 radical (unpaired) electrons. The number of sulfonamides is 1. The average Bonchev–Trinajstić information content (AvgIpc) is 2.35. The van der Waals surface area contributed by atoms with E-state index < -0.39 is 10.0 Å². The van der Waals surface area contributed by atoms with Crippen LogP contribution in [0, 0.1) is 0 Å². The van der Waals surface area contributed by atoms with Gasteiger partial charge in [-0.15, -0.1) is 0 Å². The quantitative estimate of drug-likeness (QED) is 0.776. The highest BCUT2D eigenvalue weighted by Crippen LogP contribution is 2.26. The molecule has 0 aliphatic heterocycles. The first-order chi connectivity index (χ1) is 9.16. The maximum atomic E-state index is 12.0. The lowest BCUT2D eigenvalue weighted by molar-refractivity contribution is 0.416. The summed E-state index contributed by atoms with van der Waals surface area (Å²) in [5.41, 5.74) is 7.29. The van der Waals surface area contributed by atoms with Crippen LogP contribution in [0.3, 0.4) is 0 Å². The summed E-state index contributed by atoms with van der Waals surface area (Å²) in [5.74, 6) is 0. The first kappa shape index (κ1) is 16.7. The molecule has 6 nitrogen and oxygen atoms in total. The Balaban J connectivity index is 3.00. The van der Waals surface area contributed by atoms with Gasteiger partial charge in [0.05, 0.1) is 16.3 Å².